The van der Waals surface area contributed by atoms with Gasteiger partial charge in [0, 0.05) is 19.3 Å². The van der Waals surface area contributed by atoms with Gasteiger partial charge >= 0.3 is 0 Å². The predicted molar refractivity (Wildman–Crippen MR) is 81.2 cm³/mol. The van der Waals surface area contributed by atoms with Crippen molar-refractivity contribution in [2.45, 2.75) is 85.2 Å². The van der Waals surface area contributed by atoms with E-state index in [1.54, 1.807) is 0 Å². The molecule has 0 aliphatic carbocycles. The summed E-state index contributed by atoms with van der Waals surface area (Å²) in [7, 11) is 0. The maximum absolute atomic E-state index is 9.43. The van der Waals surface area contributed by atoms with Crippen LogP contribution in [0.2, 0.25) is 0 Å². The molecule has 0 rings (SSSR count). The highest BCUT2D eigenvalue weighted by Crippen LogP contribution is 2.00. The third-order valence-corrected chi connectivity index (χ3v) is 2.26. The van der Waals surface area contributed by atoms with Crippen molar-refractivity contribution in [3.63, 3.8) is 0 Å². The molecule has 0 amide bonds. The topological polar surface area (TPSA) is 20.2 Å². The molecule has 0 saturated carbocycles. The fraction of sp³-hybridized carbons (Fsp3) is 0.765. The molecule has 0 saturated heterocycles. The van der Waals surface area contributed by atoms with Crippen molar-refractivity contribution < 1.29 is 5.11 Å². The van der Waals surface area contributed by atoms with Crippen LogP contribution >= 0.6 is 0 Å². The van der Waals surface area contributed by atoms with Gasteiger partial charge < -0.3 is 5.11 Å². The third-order valence-electron chi connectivity index (χ3n) is 2.26. The van der Waals surface area contributed by atoms with E-state index < -0.39 is 6.10 Å². The van der Waals surface area contributed by atoms with Crippen molar-refractivity contribution in [3.05, 3.63) is 0 Å². The van der Waals surface area contributed by atoms with Gasteiger partial charge in [-0.25, -0.2) is 0 Å². The zero-order valence-corrected chi connectivity index (χ0v) is 12.7. The molecule has 0 spiro atoms. The van der Waals surface area contributed by atoms with Gasteiger partial charge in [0.05, 0.1) is 0 Å². The molecule has 0 aromatic carbocycles. The molecule has 0 aliphatic heterocycles. The van der Waals surface area contributed by atoms with Crippen LogP contribution in [-0.4, -0.2) is 11.2 Å². The molecule has 1 unspecified atom stereocenters. The average molecular weight is 250 g/mol. The normalized spacial score (nSPS) is 10.1. The molecule has 0 aliphatic rings. The Morgan fingerprint density at radius 3 is 2.06 bits per heavy atom. The van der Waals surface area contributed by atoms with Crippen molar-refractivity contribution in [1.82, 2.24) is 0 Å². The number of aliphatic hydroxyl groups excluding tert-OH is 1. The van der Waals surface area contributed by atoms with E-state index in [4.69, 9.17) is 0 Å². The van der Waals surface area contributed by atoms with Crippen LogP contribution in [0.3, 0.4) is 0 Å². The maximum Gasteiger partial charge on any atom is 0.114 e. The van der Waals surface area contributed by atoms with Crippen molar-refractivity contribution in [2.75, 3.05) is 0 Å². The minimum Gasteiger partial charge on any atom is -0.380 e. The van der Waals surface area contributed by atoms with Gasteiger partial charge in [0.25, 0.3) is 0 Å². The number of hydrogen-bond donors (Lipinski definition) is 1. The molecule has 104 valence electrons. The summed E-state index contributed by atoms with van der Waals surface area (Å²) >= 11 is 0. The van der Waals surface area contributed by atoms with E-state index in [1.165, 1.54) is 19.3 Å². The molecule has 0 radical (unpaired) electrons. The first-order chi connectivity index (χ1) is 8.81. The molecular formula is C17H30O. The van der Waals surface area contributed by atoms with Gasteiger partial charge in [0.2, 0.25) is 0 Å². The van der Waals surface area contributed by atoms with Gasteiger partial charge in [-0.1, -0.05) is 46.5 Å². The lowest BCUT2D eigenvalue weighted by molar-refractivity contribution is 0.219. The van der Waals surface area contributed by atoms with Crippen LogP contribution in [-0.2, 0) is 0 Å². The van der Waals surface area contributed by atoms with Crippen LogP contribution < -0.4 is 0 Å². The summed E-state index contributed by atoms with van der Waals surface area (Å²) in [5.74, 6) is 12.0. The fourth-order valence-corrected chi connectivity index (χ4v) is 1.32. The molecule has 18 heavy (non-hydrogen) atoms. The van der Waals surface area contributed by atoms with Crippen LogP contribution in [0.15, 0.2) is 0 Å². The number of unbranched alkanes of at least 4 members (excludes halogenated alkanes) is 4. The standard InChI is InChI=1S/C15H24O.C2H6/c1-3-5-7-8-9-10-11-12-14-15(16)13-6-4-2;1-2/h15-16H,3-5,7-8,11-12,14H2,1-2H3;1-2H3. The first kappa shape index (κ1) is 19.4. The zero-order valence-electron chi connectivity index (χ0n) is 12.7. The quantitative estimate of drug-likeness (QED) is 0.542. The maximum atomic E-state index is 9.43. The Balaban J connectivity index is 0. The van der Waals surface area contributed by atoms with Gasteiger partial charge in [-0.05, 0) is 19.3 Å². The fourth-order valence-electron chi connectivity index (χ4n) is 1.32. The SMILES string of the molecule is CC.CCC#CC(O)CCCC#CCCCCC. The summed E-state index contributed by atoms with van der Waals surface area (Å²) in [5, 5.41) is 9.43. The van der Waals surface area contributed by atoms with Crippen molar-refractivity contribution in [1.29, 1.82) is 0 Å². The Hall–Kier alpha value is -0.920. The average Bonchev–Trinajstić information content (AvgIpc) is 2.41. The van der Waals surface area contributed by atoms with Crippen molar-refractivity contribution >= 4 is 0 Å². The first-order valence-electron chi connectivity index (χ1n) is 7.43. The number of rotatable bonds is 6. The smallest absolute Gasteiger partial charge is 0.114 e. The summed E-state index contributed by atoms with van der Waals surface area (Å²) in [5.41, 5.74) is 0. The van der Waals surface area contributed by atoms with E-state index >= 15 is 0 Å². The Kier molecular flexibility index (Phi) is 19.9. The molecular weight excluding hydrogens is 220 g/mol. The lowest BCUT2D eigenvalue weighted by atomic mass is 10.1. The first-order valence-corrected chi connectivity index (χ1v) is 7.43. The van der Waals surface area contributed by atoms with Crippen LogP contribution in [0, 0.1) is 23.7 Å². The second kappa shape index (κ2) is 18.4. The largest absolute Gasteiger partial charge is 0.380 e. The second-order valence-electron chi connectivity index (χ2n) is 3.89. The van der Waals surface area contributed by atoms with Gasteiger partial charge in [0.1, 0.15) is 6.10 Å². The summed E-state index contributed by atoms with van der Waals surface area (Å²) in [6.07, 6.45) is 7.70. The molecule has 0 aromatic heterocycles. The van der Waals surface area contributed by atoms with E-state index in [2.05, 4.69) is 30.6 Å². The molecule has 0 aromatic rings. The zero-order chi connectivity index (χ0) is 14.1. The second-order valence-corrected chi connectivity index (χ2v) is 3.89. The van der Waals surface area contributed by atoms with Gasteiger partial charge in [-0.15, -0.1) is 17.8 Å². The van der Waals surface area contributed by atoms with E-state index in [0.29, 0.717) is 0 Å². The molecule has 0 bridgehead atoms. The van der Waals surface area contributed by atoms with E-state index in [1.807, 2.05) is 20.8 Å². The highest BCUT2D eigenvalue weighted by Gasteiger charge is 1.96. The van der Waals surface area contributed by atoms with E-state index in [-0.39, 0.29) is 0 Å². The Labute approximate surface area is 114 Å². The Bertz CT molecular complexity index is 259. The summed E-state index contributed by atoms with van der Waals surface area (Å²) in [6.45, 7) is 8.19. The van der Waals surface area contributed by atoms with Crippen LogP contribution in [0.5, 0.6) is 0 Å². The van der Waals surface area contributed by atoms with Gasteiger partial charge in [0.15, 0.2) is 0 Å². The lowest BCUT2D eigenvalue weighted by Gasteiger charge is -1.99. The van der Waals surface area contributed by atoms with Crippen LogP contribution in [0.1, 0.15) is 79.1 Å². The highest BCUT2D eigenvalue weighted by molar-refractivity contribution is 5.04. The molecule has 1 atom stereocenters. The van der Waals surface area contributed by atoms with Crippen molar-refractivity contribution in [3.8, 4) is 23.7 Å². The molecule has 1 N–H and O–H groups in total. The molecule has 1 heteroatoms. The van der Waals surface area contributed by atoms with Gasteiger partial charge in [-0.2, -0.15) is 0 Å². The summed E-state index contributed by atoms with van der Waals surface area (Å²) in [6, 6.07) is 0. The minimum absolute atomic E-state index is 0.457. The Morgan fingerprint density at radius 1 is 0.889 bits per heavy atom. The van der Waals surface area contributed by atoms with Crippen molar-refractivity contribution in [2.24, 2.45) is 0 Å². The number of aliphatic hydroxyl groups is 1. The lowest BCUT2D eigenvalue weighted by Crippen LogP contribution is -2.01. The number of hydrogen-bond acceptors (Lipinski definition) is 1. The third kappa shape index (κ3) is 17.5. The highest BCUT2D eigenvalue weighted by atomic mass is 16.3. The summed E-state index contributed by atoms with van der Waals surface area (Å²) < 4.78 is 0. The minimum atomic E-state index is -0.457. The molecule has 1 nitrogen and oxygen atoms in total. The molecule has 0 fully saturated rings. The van der Waals surface area contributed by atoms with Crippen LogP contribution in [0.4, 0.5) is 0 Å². The Morgan fingerprint density at radius 2 is 1.50 bits per heavy atom. The summed E-state index contributed by atoms with van der Waals surface area (Å²) in [4.78, 5) is 0. The monoisotopic (exact) mass is 250 g/mol. The van der Waals surface area contributed by atoms with Crippen LogP contribution in [0.25, 0.3) is 0 Å². The van der Waals surface area contributed by atoms with E-state index in [9.17, 15) is 5.11 Å². The molecule has 0 heterocycles. The van der Waals surface area contributed by atoms with Gasteiger partial charge in [-0.3, -0.25) is 0 Å². The predicted octanol–water partition coefficient (Wildman–Crippen LogP) is 4.54. The van der Waals surface area contributed by atoms with E-state index in [0.717, 1.165) is 32.1 Å².